The Balaban J connectivity index is 4.06. The zero-order valence-corrected chi connectivity index (χ0v) is 6.21. The molecule has 0 aromatic heterocycles. The third-order valence-electron chi connectivity index (χ3n) is 1.13. The van der Waals surface area contributed by atoms with Gasteiger partial charge in [-0.1, -0.05) is 31.7 Å². The summed E-state index contributed by atoms with van der Waals surface area (Å²) < 4.78 is 0. The summed E-state index contributed by atoms with van der Waals surface area (Å²) in [6, 6.07) is 0. The van der Waals surface area contributed by atoms with Crippen LogP contribution in [0, 0.1) is 0 Å². The van der Waals surface area contributed by atoms with E-state index in [1.54, 1.807) is 12.2 Å². The summed E-state index contributed by atoms with van der Waals surface area (Å²) in [5, 5.41) is 0. The summed E-state index contributed by atoms with van der Waals surface area (Å²) in [7, 11) is 0. The van der Waals surface area contributed by atoms with Gasteiger partial charge in [0.25, 0.3) is 0 Å². The van der Waals surface area contributed by atoms with Crippen molar-refractivity contribution in [3.8, 4) is 0 Å². The Hall–Kier alpha value is -1.11. The van der Waals surface area contributed by atoms with Crippen molar-refractivity contribution in [1.82, 2.24) is 0 Å². The lowest BCUT2D eigenvalue weighted by atomic mass is 10.2. The van der Waals surface area contributed by atoms with Gasteiger partial charge >= 0.3 is 0 Å². The van der Waals surface area contributed by atoms with Crippen molar-refractivity contribution in [3.05, 3.63) is 36.5 Å². The van der Waals surface area contributed by atoms with E-state index in [1.165, 1.54) is 6.08 Å². The van der Waals surface area contributed by atoms with Crippen molar-refractivity contribution in [2.75, 3.05) is 0 Å². The van der Waals surface area contributed by atoms with Crippen molar-refractivity contribution in [1.29, 1.82) is 0 Å². The SMILES string of the molecule is C=CC=C(C=CC=O)CC. The van der Waals surface area contributed by atoms with Gasteiger partial charge in [-0.3, -0.25) is 4.79 Å². The lowest BCUT2D eigenvalue weighted by Crippen LogP contribution is -1.72. The second-order valence-electron chi connectivity index (χ2n) is 1.83. The van der Waals surface area contributed by atoms with Crippen molar-refractivity contribution < 1.29 is 4.79 Å². The summed E-state index contributed by atoms with van der Waals surface area (Å²) in [4.78, 5) is 9.89. The molecule has 54 valence electrons. The summed E-state index contributed by atoms with van der Waals surface area (Å²) in [5.74, 6) is 0. The van der Waals surface area contributed by atoms with Crippen LogP contribution in [0.4, 0.5) is 0 Å². The van der Waals surface area contributed by atoms with E-state index in [0.717, 1.165) is 18.3 Å². The minimum Gasteiger partial charge on any atom is -0.299 e. The maximum Gasteiger partial charge on any atom is 0.142 e. The summed E-state index contributed by atoms with van der Waals surface area (Å²) >= 11 is 0. The number of carbonyl (C=O) groups excluding carboxylic acids is 1. The van der Waals surface area contributed by atoms with E-state index in [-0.39, 0.29) is 0 Å². The maximum atomic E-state index is 9.89. The molecule has 0 N–H and O–H groups in total. The molecule has 0 fully saturated rings. The Bertz CT molecular complexity index is 164. The van der Waals surface area contributed by atoms with Crippen molar-refractivity contribution in [3.63, 3.8) is 0 Å². The number of carbonyl (C=O) groups is 1. The van der Waals surface area contributed by atoms with Crippen LogP contribution in [0.5, 0.6) is 0 Å². The minimum absolute atomic E-state index is 0.770. The van der Waals surface area contributed by atoms with E-state index in [2.05, 4.69) is 6.58 Å². The van der Waals surface area contributed by atoms with Crippen LogP contribution < -0.4 is 0 Å². The highest BCUT2D eigenvalue weighted by molar-refractivity contribution is 5.65. The van der Waals surface area contributed by atoms with E-state index < -0.39 is 0 Å². The van der Waals surface area contributed by atoms with Crippen LogP contribution >= 0.6 is 0 Å². The van der Waals surface area contributed by atoms with Crippen LogP contribution in [-0.2, 0) is 4.79 Å². The van der Waals surface area contributed by atoms with E-state index in [4.69, 9.17) is 0 Å². The van der Waals surface area contributed by atoms with Gasteiger partial charge < -0.3 is 0 Å². The molecular formula is C9H12O. The Morgan fingerprint density at radius 3 is 2.70 bits per heavy atom. The van der Waals surface area contributed by atoms with Crippen LogP contribution in [0.2, 0.25) is 0 Å². The molecule has 0 radical (unpaired) electrons. The van der Waals surface area contributed by atoms with Crippen molar-refractivity contribution >= 4 is 6.29 Å². The molecule has 1 nitrogen and oxygen atoms in total. The highest BCUT2D eigenvalue weighted by atomic mass is 16.1. The van der Waals surface area contributed by atoms with E-state index in [9.17, 15) is 4.79 Å². The predicted octanol–water partition coefficient (Wildman–Crippen LogP) is 2.26. The van der Waals surface area contributed by atoms with Crippen LogP contribution in [0.1, 0.15) is 13.3 Å². The Kier molecular flexibility index (Phi) is 5.35. The lowest BCUT2D eigenvalue weighted by molar-refractivity contribution is -0.104. The van der Waals surface area contributed by atoms with Crippen molar-refractivity contribution in [2.45, 2.75) is 13.3 Å². The van der Waals surface area contributed by atoms with Gasteiger partial charge in [0.2, 0.25) is 0 Å². The molecule has 0 unspecified atom stereocenters. The van der Waals surface area contributed by atoms with Gasteiger partial charge in [0, 0.05) is 0 Å². The smallest absolute Gasteiger partial charge is 0.142 e. The zero-order valence-electron chi connectivity index (χ0n) is 6.21. The van der Waals surface area contributed by atoms with Crippen LogP contribution in [-0.4, -0.2) is 6.29 Å². The molecule has 10 heavy (non-hydrogen) atoms. The number of allylic oxidation sites excluding steroid dienone is 5. The first-order valence-corrected chi connectivity index (χ1v) is 3.28. The summed E-state index contributed by atoms with van der Waals surface area (Å²) in [6.45, 7) is 5.59. The molecule has 0 atom stereocenters. The number of rotatable bonds is 4. The molecule has 0 rings (SSSR count). The first kappa shape index (κ1) is 8.89. The molecule has 0 heterocycles. The summed E-state index contributed by atoms with van der Waals surface area (Å²) in [5.41, 5.74) is 1.11. The van der Waals surface area contributed by atoms with Crippen LogP contribution in [0.3, 0.4) is 0 Å². The molecule has 0 bridgehead atoms. The standard InChI is InChI=1S/C9H12O/c1-3-6-9(4-2)7-5-8-10/h3,5-8H,1,4H2,2H3. The number of hydrogen-bond donors (Lipinski definition) is 0. The van der Waals surface area contributed by atoms with Crippen LogP contribution in [0.25, 0.3) is 0 Å². The Labute approximate surface area is 61.8 Å². The lowest BCUT2D eigenvalue weighted by Gasteiger charge is -1.90. The molecule has 0 aliphatic heterocycles. The second kappa shape index (κ2) is 6.02. The number of hydrogen-bond acceptors (Lipinski definition) is 1. The average molecular weight is 136 g/mol. The van der Waals surface area contributed by atoms with Gasteiger partial charge in [0.15, 0.2) is 0 Å². The molecule has 0 aromatic carbocycles. The normalized spacial score (nSPS) is 11.9. The minimum atomic E-state index is 0.770. The van der Waals surface area contributed by atoms with Gasteiger partial charge in [-0.25, -0.2) is 0 Å². The molecule has 0 aliphatic rings. The van der Waals surface area contributed by atoms with Gasteiger partial charge in [-0.15, -0.1) is 0 Å². The number of aldehydes is 1. The van der Waals surface area contributed by atoms with Gasteiger partial charge in [0.1, 0.15) is 6.29 Å². The van der Waals surface area contributed by atoms with Gasteiger partial charge in [-0.05, 0) is 18.1 Å². The van der Waals surface area contributed by atoms with Crippen LogP contribution in [0.15, 0.2) is 36.5 Å². The third-order valence-corrected chi connectivity index (χ3v) is 1.13. The molecule has 0 saturated heterocycles. The molecule has 0 amide bonds. The van der Waals surface area contributed by atoms with E-state index in [0.29, 0.717) is 0 Å². The third kappa shape index (κ3) is 3.84. The van der Waals surface area contributed by atoms with Gasteiger partial charge in [-0.2, -0.15) is 0 Å². The fraction of sp³-hybridized carbons (Fsp3) is 0.222. The van der Waals surface area contributed by atoms with Gasteiger partial charge in [0.05, 0.1) is 0 Å². The average Bonchev–Trinajstić information content (AvgIpc) is 1.98. The molecule has 0 saturated carbocycles. The largest absolute Gasteiger partial charge is 0.299 e. The highest BCUT2D eigenvalue weighted by Crippen LogP contribution is 2.01. The molecular weight excluding hydrogens is 124 g/mol. The molecule has 0 aliphatic carbocycles. The molecule has 0 aromatic rings. The maximum absolute atomic E-state index is 9.89. The monoisotopic (exact) mass is 136 g/mol. The second-order valence-corrected chi connectivity index (χ2v) is 1.83. The van der Waals surface area contributed by atoms with E-state index in [1.807, 2.05) is 13.0 Å². The Morgan fingerprint density at radius 2 is 2.30 bits per heavy atom. The Morgan fingerprint density at radius 1 is 1.60 bits per heavy atom. The summed E-state index contributed by atoms with van der Waals surface area (Å²) in [6.07, 6.45) is 8.57. The predicted molar refractivity (Wildman–Crippen MR) is 43.8 cm³/mol. The van der Waals surface area contributed by atoms with Crippen molar-refractivity contribution in [2.24, 2.45) is 0 Å². The fourth-order valence-corrected chi connectivity index (χ4v) is 0.606. The zero-order chi connectivity index (χ0) is 7.82. The first-order chi connectivity index (χ1) is 4.85. The molecule has 0 spiro atoms. The fourth-order valence-electron chi connectivity index (χ4n) is 0.606. The van der Waals surface area contributed by atoms with E-state index >= 15 is 0 Å². The first-order valence-electron chi connectivity index (χ1n) is 3.28. The quantitative estimate of drug-likeness (QED) is 0.329. The molecule has 1 heteroatoms. The topological polar surface area (TPSA) is 17.1 Å². The highest BCUT2D eigenvalue weighted by Gasteiger charge is 1.82.